The number of hydrogen-bond acceptors (Lipinski definition) is 6. The van der Waals surface area contributed by atoms with E-state index in [-0.39, 0.29) is 31.1 Å². The lowest BCUT2D eigenvalue weighted by atomic mass is 10.1. The second-order valence-electron chi connectivity index (χ2n) is 18.8. The maximum atomic E-state index is 12.8. The van der Waals surface area contributed by atoms with Crippen LogP contribution >= 0.6 is 0 Å². The van der Waals surface area contributed by atoms with Crippen LogP contribution in [0.2, 0.25) is 0 Å². The summed E-state index contributed by atoms with van der Waals surface area (Å²) in [5, 5.41) is 0. The van der Waals surface area contributed by atoms with Crippen LogP contribution in [0.15, 0.2) is 48.6 Å². The smallest absolute Gasteiger partial charge is 0.306 e. The molecule has 0 fully saturated rings. The highest BCUT2D eigenvalue weighted by Gasteiger charge is 2.19. The van der Waals surface area contributed by atoms with Gasteiger partial charge in [-0.1, -0.05) is 217 Å². The minimum absolute atomic E-state index is 0.0825. The van der Waals surface area contributed by atoms with E-state index in [1.54, 1.807) is 0 Å². The molecule has 1 atom stereocenters. The largest absolute Gasteiger partial charge is 0.462 e. The van der Waals surface area contributed by atoms with Crippen molar-refractivity contribution in [3.63, 3.8) is 0 Å². The van der Waals surface area contributed by atoms with E-state index < -0.39 is 6.10 Å². The molecule has 1 unspecified atom stereocenters. The standard InChI is InChI=1S/C59H106O6/c1-4-7-10-13-16-19-22-25-27-29-30-32-34-37-40-43-46-49-52-58(61)64-55-56(54-63-57(60)51-48-45-42-39-36-33-24-21-18-15-12-9-6-3)65-59(62)53-50-47-44-41-38-35-31-28-26-23-20-17-14-11-8-5-2/h20-21,23-24,27-29,31,56H,4-19,22,25-26,30,32-55H2,1-3H3/b23-20-,24-21-,29-27-,31-28-. The summed E-state index contributed by atoms with van der Waals surface area (Å²) in [7, 11) is 0. The van der Waals surface area contributed by atoms with Gasteiger partial charge in [-0.05, 0) is 103 Å². The second-order valence-corrected chi connectivity index (χ2v) is 18.8. The Labute approximate surface area is 403 Å². The van der Waals surface area contributed by atoms with Crippen LogP contribution in [0.1, 0.15) is 290 Å². The quantitative estimate of drug-likeness (QED) is 0.0262. The number of carbonyl (C=O) groups is 3. The normalized spacial score (nSPS) is 12.4. The summed E-state index contributed by atoms with van der Waals surface area (Å²) in [5.74, 6) is -0.899. The van der Waals surface area contributed by atoms with Crippen LogP contribution in [0.4, 0.5) is 0 Å². The fourth-order valence-corrected chi connectivity index (χ4v) is 7.99. The zero-order valence-corrected chi connectivity index (χ0v) is 43.3. The minimum Gasteiger partial charge on any atom is -0.462 e. The molecular weight excluding hydrogens is 805 g/mol. The topological polar surface area (TPSA) is 78.9 Å². The van der Waals surface area contributed by atoms with Gasteiger partial charge in [-0.3, -0.25) is 14.4 Å². The molecule has 0 saturated heterocycles. The van der Waals surface area contributed by atoms with Crippen LogP contribution < -0.4 is 0 Å². The molecule has 0 aromatic rings. The fourth-order valence-electron chi connectivity index (χ4n) is 7.99. The Balaban J connectivity index is 4.38. The van der Waals surface area contributed by atoms with E-state index in [1.165, 1.54) is 161 Å². The molecule has 0 saturated carbocycles. The van der Waals surface area contributed by atoms with Gasteiger partial charge in [-0.2, -0.15) is 0 Å². The third-order valence-electron chi connectivity index (χ3n) is 12.3. The summed E-state index contributed by atoms with van der Waals surface area (Å²) in [6, 6.07) is 0. The fraction of sp³-hybridized carbons (Fsp3) is 0.814. The van der Waals surface area contributed by atoms with Crippen molar-refractivity contribution in [2.45, 2.75) is 297 Å². The SMILES string of the molecule is CCCCCC/C=C\C/C=C\CCCCCCCC(=O)OC(COC(=O)CCCCCCC/C=C\CCCCCC)COC(=O)CCCCCCCCC/C=C\CCCCCCCCC. The summed E-state index contributed by atoms with van der Waals surface area (Å²) in [6.45, 7) is 6.61. The molecule has 65 heavy (non-hydrogen) atoms. The van der Waals surface area contributed by atoms with E-state index in [4.69, 9.17) is 14.2 Å². The number of esters is 3. The van der Waals surface area contributed by atoms with Crippen molar-refractivity contribution in [3.05, 3.63) is 48.6 Å². The van der Waals surface area contributed by atoms with Gasteiger partial charge < -0.3 is 14.2 Å². The predicted octanol–water partition coefficient (Wildman–Crippen LogP) is 18.7. The molecule has 0 aliphatic heterocycles. The van der Waals surface area contributed by atoms with Gasteiger partial charge in [0.1, 0.15) is 13.2 Å². The Morgan fingerprint density at radius 1 is 0.308 bits per heavy atom. The maximum absolute atomic E-state index is 12.8. The van der Waals surface area contributed by atoms with Crippen LogP contribution in [-0.4, -0.2) is 37.2 Å². The summed E-state index contributed by atoms with van der Waals surface area (Å²) < 4.78 is 16.8. The van der Waals surface area contributed by atoms with Crippen LogP contribution in [0.3, 0.4) is 0 Å². The first-order valence-corrected chi connectivity index (χ1v) is 28.1. The average Bonchev–Trinajstić information content (AvgIpc) is 3.30. The highest BCUT2D eigenvalue weighted by molar-refractivity contribution is 5.71. The molecule has 0 bridgehead atoms. The molecule has 0 radical (unpaired) electrons. The summed E-state index contributed by atoms with van der Waals surface area (Å²) in [5.41, 5.74) is 0. The van der Waals surface area contributed by atoms with Gasteiger partial charge in [-0.15, -0.1) is 0 Å². The van der Waals surface area contributed by atoms with Crippen molar-refractivity contribution in [1.29, 1.82) is 0 Å². The van der Waals surface area contributed by atoms with Crippen molar-refractivity contribution in [2.75, 3.05) is 13.2 Å². The summed E-state index contributed by atoms with van der Waals surface area (Å²) in [4.78, 5) is 38.1. The van der Waals surface area contributed by atoms with E-state index in [1.807, 2.05) is 0 Å². The lowest BCUT2D eigenvalue weighted by Gasteiger charge is -2.18. The van der Waals surface area contributed by atoms with E-state index in [0.717, 1.165) is 89.9 Å². The first-order valence-electron chi connectivity index (χ1n) is 28.1. The molecule has 0 heterocycles. The van der Waals surface area contributed by atoms with E-state index in [9.17, 15) is 14.4 Å². The molecule has 6 heteroatoms. The Bertz CT molecular complexity index is 1140. The van der Waals surface area contributed by atoms with Crippen molar-refractivity contribution >= 4 is 17.9 Å². The number of hydrogen-bond donors (Lipinski definition) is 0. The number of rotatable bonds is 51. The molecule has 0 spiro atoms. The lowest BCUT2D eigenvalue weighted by molar-refractivity contribution is -0.167. The molecule has 378 valence electrons. The Morgan fingerprint density at radius 2 is 0.554 bits per heavy atom. The second kappa shape index (κ2) is 54.0. The van der Waals surface area contributed by atoms with E-state index in [0.29, 0.717) is 19.3 Å². The highest BCUT2D eigenvalue weighted by atomic mass is 16.6. The van der Waals surface area contributed by atoms with Crippen molar-refractivity contribution in [2.24, 2.45) is 0 Å². The van der Waals surface area contributed by atoms with Gasteiger partial charge in [0, 0.05) is 19.3 Å². The van der Waals surface area contributed by atoms with Crippen molar-refractivity contribution in [3.8, 4) is 0 Å². The minimum atomic E-state index is -0.784. The van der Waals surface area contributed by atoms with Gasteiger partial charge >= 0.3 is 17.9 Å². The third kappa shape index (κ3) is 52.2. The molecule has 0 aromatic heterocycles. The first-order chi connectivity index (χ1) is 32.0. The summed E-state index contributed by atoms with van der Waals surface area (Å²) >= 11 is 0. The number of ether oxygens (including phenoxy) is 3. The molecule has 0 aliphatic carbocycles. The van der Waals surface area contributed by atoms with Crippen LogP contribution in [-0.2, 0) is 28.6 Å². The zero-order chi connectivity index (χ0) is 47.2. The predicted molar refractivity (Wildman–Crippen MR) is 279 cm³/mol. The molecule has 0 N–H and O–H groups in total. The Kier molecular flexibility index (Phi) is 51.8. The number of unbranched alkanes of at least 4 members (excludes halogenated alkanes) is 32. The molecule has 0 rings (SSSR count). The molecule has 0 aliphatic rings. The lowest BCUT2D eigenvalue weighted by Crippen LogP contribution is -2.30. The highest BCUT2D eigenvalue weighted by Crippen LogP contribution is 2.15. The van der Waals surface area contributed by atoms with Gasteiger partial charge in [-0.25, -0.2) is 0 Å². The van der Waals surface area contributed by atoms with Gasteiger partial charge in [0.05, 0.1) is 0 Å². The molecule has 0 aromatic carbocycles. The van der Waals surface area contributed by atoms with Crippen molar-refractivity contribution in [1.82, 2.24) is 0 Å². The molecule has 0 amide bonds. The molecular formula is C59H106O6. The average molecular weight is 911 g/mol. The Morgan fingerprint density at radius 3 is 0.877 bits per heavy atom. The van der Waals surface area contributed by atoms with Gasteiger partial charge in [0.15, 0.2) is 6.10 Å². The van der Waals surface area contributed by atoms with Gasteiger partial charge in [0.2, 0.25) is 0 Å². The monoisotopic (exact) mass is 911 g/mol. The van der Waals surface area contributed by atoms with E-state index >= 15 is 0 Å². The zero-order valence-electron chi connectivity index (χ0n) is 43.3. The van der Waals surface area contributed by atoms with Crippen molar-refractivity contribution < 1.29 is 28.6 Å². The number of carbonyl (C=O) groups excluding carboxylic acids is 3. The number of allylic oxidation sites excluding steroid dienone is 8. The molecule has 6 nitrogen and oxygen atoms in total. The third-order valence-corrected chi connectivity index (χ3v) is 12.3. The van der Waals surface area contributed by atoms with Gasteiger partial charge in [0.25, 0.3) is 0 Å². The van der Waals surface area contributed by atoms with E-state index in [2.05, 4.69) is 69.4 Å². The van der Waals surface area contributed by atoms with Crippen LogP contribution in [0.5, 0.6) is 0 Å². The van der Waals surface area contributed by atoms with Crippen LogP contribution in [0, 0.1) is 0 Å². The summed E-state index contributed by atoms with van der Waals surface area (Å²) in [6.07, 6.45) is 65.2. The maximum Gasteiger partial charge on any atom is 0.306 e. The first kappa shape index (κ1) is 62.4. The van der Waals surface area contributed by atoms with Crippen LogP contribution in [0.25, 0.3) is 0 Å². The Hall–Kier alpha value is -2.63.